The summed E-state index contributed by atoms with van der Waals surface area (Å²) in [6.45, 7) is 11.3. The van der Waals surface area contributed by atoms with Gasteiger partial charge >= 0.3 is 0 Å². The van der Waals surface area contributed by atoms with Gasteiger partial charge in [-0.3, -0.25) is 0 Å². The van der Waals surface area contributed by atoms with E-state index in [2.05, 4.69) is 49.7 Å². The van der Waals surface area contributed by atoms with Gasteiger partial charge in [0.15, 0.2) is 0 Å². The Morgan fingerprint density at radius 3 is 2.80 bits per heavy atom. The molecule has 3 heterocycles. The third kappa shape index (κ3) is 1.89. The van der Waals surface area contributed by atoms with Crippen LogP contribution in [0.2, 0.25) is 0 Å². The predicted octanol–water partition coefficient (Wildman–Crippen LogP) is 3.49. The molecular weight excluding hydrogens is 320 g/mol. The van der Waals surface area contributed by atoms with Crippen LogP contribution in [0.3, 0.4) is 0 Å². The van der Waals surface area contributed by atoms with E-state index in [0.29, 0.717) is 11.5 Å². The molecule has 0 saturated heterocycles. The van der Waals surface area contributed by atoms with Gasteiger partial charge < -0.3 is 9.41 Å². The van der Waals surface area contributed by atoms with Gasteiger partial charge in [0.05, 0.1) is 12.5 Å². The molecule has 0 unspecified atom stereocenters. The summed E-state index contributed by atoms with van der Waals surface area (Å²) < 4.78 is 4.32. The van der Waals surface area contributed by atoms with E-state index in [1.807, 2.05) is 16.7 Å². The van der Waals surface area contributed by atoms with E-state index in [1.54, 1.807) is 10.8 Å². The zero-order valence-corrected chi connectivity index (χ0v) is 12.5. The summed E-state index contributed by atoms with van der Waals surface area (Å²) >= 11 is 3.46. The van der Waals surface area contributed by atoms with Crippen molar-refractivity contribution >= 4 is 27.4 Å². The highest BCUT2D eigenvalue weighted by Gasteiger charge is 2.17. The summed E-state index contributed by atoms with van der Waals surface area (Å²) in [6.07, 6.45) is 3.30. The van der Waals surface area contributed by atoms with Crippen LogP contribution in [0, 0.1) is 6.57 Å². The van der Waals surface area contributed by atoms with Crippen molar-refractivity contribution in [3.8, 4) is 11.4 Å². The first-order chi connectivity index (χ1) is 9.61. The molecule has 0 saturated carbocycles. The van der Waals surface area contributed by atoms with E-state index in [1.165, 1.54) is 6.20 Å². The van der Waals surface area contributed by atoms with Crippen molar-refractivity contribution < 1.29 is 0 Å². The number of rotatable bonds is 2. The molecule has 0 fully saturated rings. The number of hydrogen-bond acceptors (Lipinski definition) is 3. The van der Waals surface area contributed by atoms with E-state index >= 15 is 0 Å². The molecule has 0 radical (unpaired) electrons. The lowest BCUT2D eigenvalue weighted by molar-refractivity contribution is 0.603. The summed E-state index contributed by atoms with van der Waals surface area (Å²) in [4.78, 5) is 11.8. The molecule has 0 aromatic carbocycles. The standard InChI is InChI=1S/C13H11BrN6/c1-8(2)19-7-17-13(14)12(19)9-4-5-10-16-6-11(15-3)20(10)18-9/h4-8H,1-2H3. The maximum atomic E-state index is 7.14. The van der Waals surface area contributed by atoms with Crippen molar-refractivity contribution in [2.75, 3.05) is 0 Å². The molecule has 0 amide bonds. The summed E-state index contributed by atoms with van der Waals surface area (Å²) in [6, 6.07) is 4.00. The summed E-state index contributed by atoms with van der Waals surface area (Å²) in [5, 5.41) is 4.50. The lowest BCUT2D eigenvalue weighted by atomic mass is 10.3. The van der Waals surface area contributed by atoms with Crippen LogP contribution in [0.4, 0.5) is 5.82 Å². The largest absolute Gasteiger partial charge is 0.360 e. The van der Waals surface area contributed by atoms with Crippen LogP contribution in [-0.2, 0) is 0 Å². The molecule has 20 heavy (non-hydrogen) atoms. The topological polar surface area (TPSA) is 52.4 Å². The number of aromatic nitrogens is 5. The number of nitrogens with zero attached hydrogens (tertiary/aromatic N) is 6. The van der Waals surface area contributed by atoms with Gasteiger partial charge in [0.25, 0.3) is 5.82 Å². The minimum Gasteiger partial charge on any atom is -0.360 e. The Morgan fingerprint density at radius 1 is 1.30 bits per heavy atom. The van der Waals surface area contributed by atoms with Crippen LogP contribution < -0.4 is 0 Å². The first-order valence-electron chi connectivity index (χ1n) is 6.06. The first kappa shape index (κ1) is 12.8. The van der Waals surface area contributed by atoms with E-state index in [4.69, 9.17) is 6.57 Å². The average Bonchev–Trinajstić information content (AvgIpc) is 3.01. The van der Waals surface area contributed by atoms with Gasteiger partial charge in [-0.2, -0.15) is 0 Å². The van der Waals surface area contributed by atoms with Gasteiger partial charge in [0.1, 0.15) is 16.0 Å². The Kier molecular flexibility index (Phi) is 3.03. The Hall–Kier alpha value is -2.20. The lowest BCUT2D eigenvalue weighted by Crippen LogP contribution is -2.03. The maximum absolute atomic E-state index is 7.14. The molecule has 3 rings (SSSR count). The summed E-state index contributed by atoms with van der Waals surface area (Å²) in [5.74, 6) is 0.397. The fourth-order valence-electron chi connectivity index (χ4n) is 2.03. The molecule has 7 heteroatoms. The van der Waals surface area contributed by atoms with Crippen LogP contribution >= 0.6 is 15.9 Å². The zero-order chi connectivity index (χ0) is 14.3. The minimum absolute atomic E-state index is 0.268. The molecule has 100 valence electrons. The van der Waals surface area contributed by atoms with E-state index in [0.717, 1.165) is 16.0 Å². The first-order valence-corrected chi connectivity index (χ1v) is 6.86. The van der Waals surface area contributed by atoms with Crippen molar-refractivity contribution in [2.45, 2.75) is 19.9 Å². The van der Waals surface area contributed by atoms with Crippen molar-refractivity contribution in [2.24, 2.45) is 0 Å². The third-order valence-corrected chi connectivity index (χ3v) is 3.59. The minimum atomic E-state index is 0.268. The molecule has 3 aromatic rings. The fraction of sp³-hybridized carbons (Fsp3) is 0.231. The van der Waals surface area contributed by atoms with E-state index < -0.39 is 0 Å². The summed E-state index contributed by atoms with van der Waals surface area (Å²) in [7, 11) is 0. The molecular formula is C13H11BrN6. The Balaban J connectivity index is 2.25. The van der Waals surface area contributed by atoms with E-state index in [9.17, 15) is 0 Å². The molecule has 0 spiro atoms. The van der Waals surface area contributed by atoms with Crippen LogP contribution in [0.25, 0.3) is 21.9 Å². The van der Waals surface area contributed by atoms with Gasteiger partial charge in [-0.15, -0.1) is 4.52 Å². The van der Waals surface area contributed by atoms with Crippen LogP contribution in [0.5, 0.6) is 0 Å². The fourth-order valence-corrected chi connectivity index (χ4v) is 2.53. The predicted molar refractivity (Wildman–Crippen MR) is 78.6 cm³/mol. The van der Waals surface area contributed by atoms with Gasteiger partial charge in [-0.05, 0) is 35.8 Å². The Bertz CT molecular complexity index is 823. The molecule has 0 N–H and O–H groups in total. The van der Waals surface area contributed by atoms with E-state index in [-0.39, 0.29) is 6.04 Å². The average molecular weight is 331 g/mol. The molecule has 0 aliphatic carbocycles. The second kappa shape index (κ2) is 4.72. The SMILES string of the molecule is [C-]#[N+]c1cnc2ccc(-c3c(Br)ncn3C(C)C)nn12. The molecule has 0 aliphatic heterocycles. The quantitative estimate of drug-likeness (QED) is 0.676. The van der Waals surface area contributed by atoms with Gasteiger partial charge in [-0.25, -0.2) is 9.97 Å². The van der Waals surface area contributed by atoms with Crippen molar-refractivity contribution in [3.63, 3.8) is 0 Å². The molecule has 6 nitrogen and oxygen atoms in total. The molecule has 0 atom stereocenters. The number of fused-ring (bicyclic) bond motifs is 1. The molecule has 0 bridgehead atoms. The third-order valence-electron chi connectivity index (χ3n) is 3.01. The van der Waals surface area contributed by atoms with Crippen molar-refractivity contribution in [3.05, 3.63) is 40.7 Å². The van der Waals surface area contributed by atoms with Crippen LogP contribution in [0.1, 0.15) is 19.9 Å². The number of hydrogen-bond donors (Lipinski definition) is 0. The Labute approximate surface area is 124 Å². The lowest BCUT2D eigenvalue weighted by Gasteiger charge is -2.11. The maximum Gasteiger partial charge on any atom is 0.275 e. The second-order valence-electron chi connectivity index (χ2n) is 4.60. The van der Waals surface area contributed by atoms with Gasteiger partial charge in [-0.1, -0.05) is 11.7 Å². The summed E-state index contributed by atoms with van der Waals surface area (Å²) in [5.41, 5.74) is 2.30. The van der Waals surface area contributed by atoms with Crippen molar-refractivity contribution in [1.29, 1.82) is 0 Å². The highest BCUT2D eigenvalue weighted by molar-refractivity contribution is 9.10. The molecule has 0 aliphatic rings. The monoisotopic (exact) mass is 330 g/mol. The second-order valence-corrected chi connectivity index (χ2v) is 5.35. The highest BCUT2D eigenvalue weighted by atomic mass is 79.9. The molecule has 3 aromatic heterocycles. The highest BCUT2D eigenvalue weighted by Crippen LogP contribution is 2.29. The zero-order valence-electron chi connectivity index (χ0n) is 10.9. The normalized spacial score (nSPS) is 11.2. The Morgan fingerprint density at radius 2 is 2.10 bits per heavy atom. The van der Waals surface area contributed by atoms with Crippen molar-refractivity contribution in [1.82, 2.24) is 24.1 Å². The van der Waals surface area contributed by atoms with Gasteiger partial charge in [0, 0.05) is 12.1 Å². The van der Waals surface area contributed by atoms with Crippen LogP contribution in [0.15, 0.2) is 29.3 Å². The number of halogens is 1. The van der Waals surface area contributed by atoms with Gasteiger partial charge in [0.2, 0.25) is 5.65 Å². The smallest absolute Gasteiger partial charge is 0.275 e. The number of imidazole rings is 2. The van der Waals surface area contributed by atoms with Crippen LogP contribution in [-0.4, -0.2) is 24.1 Å².